The summed E-state index contributed by atoms with van der Waals surface area (Å²) in [5.74, 6) is -0.500. The lowest BCUT2D eigenvalue weighted by Gasteiger charge is -2.17. The Bertz CT molecular complexity index is 407. The van der Waals surface area contributed by atoms with Gasteiger partial charge < -0.3 is 15.2 Å². The maximum absolute atomic E-state index is 13.1. The molecule has 2 N–H and O–H groups in total. The predicted octanol–water partition coefficient (Wildman–Crippen LogP) is 1.79. The lowest BCUT2D eigenvalue weighted by molar-refractivity contribution is -0.147. The molecule has 17 heavy (non-hydrogen) atoms. The third-order valence-corrected chi connectivity index (χ3v) is 2.30. The van der Waals surface area contributed by atoms with Crippen molar-refractivity contribution in [3.8, 4) is 5.75 Å². The molecule has 0 aromatic heterocycles. The van der Waals surface area contributed by atoms with E-state index in [2.05, 4.69) is 4.74 Å². The molecule has 5 heteroatoms. The molecular formula is C12H16FNO3. The number of carbonyl (C=O) groups is 1. The Hall–Kier alpha value is -1.62. The number of nitrogens with two attached hydrogens (primary N) is 1. The highest BCUT2D eigenvalue weighted by atomic mass is 19.1. The number of halogens is 1. The van der Waals surface area contributed by atoms with Crippen LogP contribution < -0.4 is 10.5 Å². The molecule has 0 fully saturated rings. The van der Waals surface area contributed by atoms with Gasteiger partial charge in [-0.1, -0.05) is 0 Å². The maximum atomic E-state index is 13.1. The first-order valence-corrected chi connectivity index (χ1v) is 5.25. The molecule has 0 aliphatic carbocycles. The lowest BCUT2D eigenvalue weighted by Crippen LogP contribution is -2.25. The zero-order chi connectivity index (χ0) is 13.0. The lowest BCUT2D eigenvalue weighted by atomic mass is 10.1. The third kappa shape index (κ3) is 3.42. The minimum atomic E-state index is -0.761. The second-order valence-corrected chi connectivity index (χ2v) is 3.75. The highest BCUT2D eigenvalue weighted by Crippen LogP contribution is 2.25. The average Bonchev–Trinajstić information content (AvgIpc) is 2.29. The van der Waals surface area contributed by atoms with Gasteiger partial charge in [0.1, 0.15) is 11.6 Å². The standard InChI is InChI=1S/C12H16FNO3/c1-7(14)10-6-9(13)4-5-11(10)17-8(2)12(15)16-3/h4-8H,14H2,1-3H3. The van der Waals surface area contributed by atoms with Crippen LogP contribution in [-0.4, -0.2) is 19.2 Å². The first kappa shape index (κ1) is 13.4. The number of hydrogen-bond acceptors (Lipinski definition) is 4. The van der Waals surface area contributed by atoms with E-state index in [0.29, 0.717) is 11.3 Å². The van der Waals surface area contributed by atoms with Gasteiger partial charge in [0.25, 0.3) is 0 Å². The van der Waals surface area contributed by atoms with E-state index < -0.39 is 17.9 Å². The summed E-state index contributed by atoms with van der Waals surface area (Å²) in [5.41, 5.74) is 6.22. The van der Waals surface area contributed by atoms with E-state index in [-0.39, 0.29) is 6.04 Å². The monoisotopic (exact) mass is 241 g/mol. The first-order chi connectivity index (χ1) is 7.95. The van der Waals surface area contributed by atoms with Gasteiger partial charge in [-0.05, 0) is 32.0 Å². The van der Waals surface area contributed by atoms with Gasteiger partial charge >= 0.3 is 5.97 Å². The maximum Gasteiger partial charge on any atom is 0.346 e. The van der Waals surface area contributed by atoms with Crippen molar-refractivity contribution >= 4 is 5.97 Å². The summed E-state index contributed by atoms with van der Waals surface area (Å²) in [5, 5.41) is 0. The van der Waals surface area contributed by atoms with Crippen molar-refractivity contribution in [3.63, 3.8) is 0 Å². The number of rotatable bonds is 4. The summed E-state index contributed by atoms with van der Waals surface area (Å²) in [6, 6.07) is 3.62. The van der Waals surface area contributed by atoms with Gasteiger partial charge in [-0.2, -0.15) is 0 Å². The minimum Gasteiger partial charge on any atom is -0.479 e. The van der Waals surface area contributed by atoms with Gasteiger partial charge in [0.05, 0.1) is 7.11 Å². The summed E-state index contributed by atoms with van der Waals surface area (Å²) in [7, 11) is 1.28. The number of benzene rings is 1. The smallest absolute Gasteiger partial charge is 0.346 e. The van der Waals surface area contributed by atoms with Crippen molar-refractivity contribution in [2.45, 2.75) is 26.0 Å². The second-order valence-electron chi connectivity index (χ2n) is 3.75. The molecule has 1 aromatic rings. The van der Waals surface area contributed by atoms with Gasteiger partial charge in [-0.3, -0.25) is 0 Å². The van der Waals surface area contributed by atoms with Gasteiger partial charge in [0.2, 0.25) is 0 Å². The van der Waals surface area contributed by atoms with Crippen LogP contribution in [0.15, 0.2) is 18.2 Å². The SMILES string of the molecule is COC(=O)C(C)Oc1ccc(F)cc1C(C)N. The second kappa shape index (κ2) is 5.63. The molecule has 0 radical (unpaired) electrons. The van der Waals surface area contributed by atoms with Crippen molar-refractivity contribution in [3.05, 3.63) is 29.6 Å². The normalized spacial score (nSPS) is 13.9. The number of hydrogen-bond donors (Lipinski definition) is 1. The average molecular weight is 241 g/mol. The number of carbonyl (C=O) groups excluding carboxylic acids is 1. The Morgan fingerprint density at radius 2 is 2.06 bits per heavy atom. The van der Waals surface area contributed by atoms with Gasteiger partial charge in [0.15, 0.2) is 6.10 Å². The van der Waals surface area contributed by atoms with Gasteiger partial charge in [-0.25, -0.2) is 9.18 Å². The summed E-state index contributed by atoms with van der Waals surface area (Å²) >= 11 is 0. The highest BCUT2D eigenvalue weighted by Gasteiger charge is 2.18. The molecule has 0 saturated carbocycles. The molecule has 4 nitrogen and oxygen atoms in total. The molecule has 0 heterocycles. The molecule has 0 spiro atoms. The van der Waals surface area contributed by atoms with Crippen LogP contribution >= 0.6 is 0 Å². The zero-order valence-corrected chi connectivity index (χ0v) is 10.1. The Morgan fingerprint density at radius 3 is 2.59 bits per heavy atom. The van der Waals surface area contributed by atoms with Crippen LogP contribution in [-0.2, 0) is 9.53 Å². The fourth-order valence-corrected chi connectivity index (χ4v) is 1.39. The van der Waals surface area contributed by atoms with Gasteiger partial charge in [0, 0.05) is 11.6 Å². The van der Waals surface area contributed by atoms with E-state index in [9.17, 15) is 9.18 Å². The number of methoxy groups -OCH3 is 1. The summed E-state index contributed by atoms with van der Waals surface area (Å²) in [4.78, 5) is 11.2. The molecule has 0 aliphatic rings. The zero-order valence-electron chi connectivity index (χ0n) is 10.1. The summed E-state index contributed by atoms with van der Waals surface area (Å²) in [6.07, 6.45) is -0.761. The van der Waals surface area contributed by atoms with Crippen LogP contribution in [0.4, 0.5) is 4.39 Å². The molecule has 0 bridgehead atoms. The quantitative estimate of drug-likeness (QED) is 0.816. The van der Waals surface area contributed by atoms with Crippen molar-refractivity contribution in [2.75, 3.05) is 7.11 Å². The molecule has 2 unspecified atom stereocenters. The Balaban J connectivity index is 2.94. The van der Waals surface area contributed by atoms with Crippen LogP contribution in [0.25, 0.3) is 0 Å². The topological polar surface area (TPSA) is 61.5 Å². The van der Waals surface area contributed by atoms with Crippen LogP contribution in [0.3, 0.4) is 0 Å². The van der Waals surface area contributed by atoms with E-state index in [1.165, 1.54) is 25.3 Å². The third-order valence-electron chi connectivity index (χ3n) is 2.30. The molecule has 2 atom stereocenters. The highest BCUT2D eigenvalue weighted by molar-refractivity contribution is 5.74. The van der Waals surface area contributed by atoms with Crippen LogP contribution in [0.1, 0.15) is 25.5 Å². The Labute approximate surface area is 99.5 Å². The summed E-state index contributed by atoms with van der Waals surface area (Å²) in [6.45, 7) is 3.27. The minimum absolute atomic E-state index is 0.384. The van der Waals surface area contributed by atoms with Gasteiger partial charge in [-0.15, -0.1) is 0 Å². The van der Waals surface area contributed by atoms with E-state index >= 15 is 0 Å². The number of ether oxygens (including phenoxy) is 2. The van der Waals surface area contributed by atoms with E-state index in [4.69, 9.17) is 10.5 Å². The largest absolute Gasteiger partial charge is 0.479 e. The van der Waals surface area contributed by atoms with Crippen molar-refractivity contribution in [1.29, 1.82) is 0 Å². The molecule has 0 saturated heterocycles. The molecule has 1 rings (SSSR count). The fourth-order valence-electron chi connectivity index (χ4n) is 1.39. The Morgan fingerprint density at radius 1 is 1.41 bits per heavy atom. The summed E-state index contributed by atoms with van der Waals surface area (Å²) < 4.78 is 23.0. The molecule has 1 aromatic carbocycles. The van der Waals surface area contributed by atoms with E-state index in [0.717, 1.165) is 0 Å². The van der Waals surface area contributed by atoms with Crippen molar-refractivity contribution < 1.29 is 18.7 Å². The molecular weight excluding hydrogens is 225 g/mol. The van der Waals surface area contributed by atoms with Crippen LogP contribution in [0.2, 0.25) is 0 Å². The van der Waals surface area contributed by atoms with E-state index in [1.54, 1.807) is 13.8 Å². The van der Waals surface area contributed by atoms with E-state index in [1.807, 2.05) is 0 Å². The van der Waals surface area contributed by atoms with Crippen LogP contribution in [0, 0.1) is 5.82 Å². The first-order valence-electron chi connectivity index (χ1n) is 5.25. The number of esters is 1. The van der Waals surface area contributed by atoms with Crippen LogP contribution in [0.5, 0.6) is 5.75 Å². The predicted molar refractivity (Wildman–Crippen MR) is 61.1 cm³/mol. The molecule has 0 amide bonds. The molecule has 0 aliphatic heterocycles. The van der Waals surface area contributed by atoms with Crippen molar-refractivity contribution in [1.82, 2.24) is 0 Å². The molecule has 94 valence electrons. The fraction of sp³-hybridized carbons (Fsp3) is 0.417. The Kier molecular flexibility index (Phi) is 4.45. The van der Waals surface area contributed by atoms with Crippen molar-refractivity contribution in [2.24, 2.45) is 5.73 Å².